The number of aromatic nitrogens is 3. The van der Waals surface area contributed by atoms with Crippen molar-refractivity contribution in [3.63, 3.8) is 0 Å². The monoisotopic (exact) mass is 226 g/mol. The second-order valence-electron chi connectivity index (χ2n) is 3.66. The first kappa shape index (κ1) is 11.3. The van der Waals surface area contributed by atoms with Crippen molar-refractivity contribution in [1.82, 2.24) is 15.0 Å². The van der Waals surface area contributed by atoms with Gasteiger partial charge in [0.2, 0.25) is 0 Å². The maximum Gasteiger partial charge on any atom is 0.134 e. The Morgan fingerprint density at radius 1 is 1.35 bits per heavy atom. The zero-order valence-electron chi connectivity index (χ0n) is 9.88. The Morgan fingerprint density at radius 2 is 2.18 bits per heavy atom. The van der Waals surface area contributed by atoms with Gasteiger partial charge in [0, 0.05) is 23.5 Å². The highest BCUT2D eigenvalue weighted by Gasteiger charge is 2.12. The van der Waals surface area contributed by atoms with Crippen molar-refractivity contribution in [1.29, 1.82) is 0 Å². The molecule has 0 aliphatic heterocycles. The summed E-state index contributed by atoms with van der Waals surface area (Å²) in [7, 11) is 0. The zero-order valence-corrected chi connectivity index (χ0v) is 9.88. The molecule has 0 unspecified atom stereocenters. The van der Waals surface area contributed by atoms with Gasteiger partial charge in [-0.1, -0.05) is 12.1 Å². The number of pyridine rings is 1. The summed E-state index contributed by atoms with van der Waals surface area (Å²) >= 11 is 0. The van der Waals surface area contributed by atoms with Crippen molar-refractivity contribution in [3.05, 3.63) is 53.8 Å². The normalized spacial score (nSPS) is 11.5. The van der Waals surface area contributed by atoms with Crippen LogP contribution in [0.3, 0.4) is 0 Å². The number of anilines is 1. The molecule has 4 heteroatoms. The van der Waals surface area contributed by atoms with Crippen LogP contribution >= 0.6 is 0 Å². The van der Waals surface area contributed by atoms with Crippen molar-refractivity contribution in [3.8, 4) is 0 Å². The van der Waals surface area contributed by atoms with Crippen molar-refractivity contribution in [2.75, 3.05) is 5.73 Å². The molecule has 86 valence electrons. The first-order valence-electron chi connectivity index (χ1n) is 5.38. The van der Waals surface area contributed by atoms with E-state index in [1.165, 1.54) is 6.33 Å². The smallest absolute Gasteiger partial charge is 0.134 e. The molecule has 4 nitrogen and oxygen atoms in total. The van der Waals surface area contributed by atoms with Gasteiger partial charge in [0.15, 0.2) is 0 Å². The molecule has 2 N–H and O–H groups in total. The van der Waals surface area contributed by atoms with Gasteiger partial charge in [0.25, 0.3) is 0 Å². The lowest BCUT2D eigenvalue weighted by Crippen LogP contribution is -2.03. The molecule has 0 aromatic carbocycles. The van der Waals surface area contributed by atoms with Gasteiger partial charge in [0.1, 0.15) is 12.1 Å². The summed E-state index contributed by atoms with van der Waals surface area (Å²) in [6.07, 6.45) is 7.03. The fraction of sp³-hybridized carbons (Fsp3) is 0.154. The minimum atomic E-state index is 0.495. The van der Waals surface area contributed by atoms with E-state index in [1.54, 1.807) is 12.4 Å². The lowest BCUT2D eigenvalue weighted by atomic mass is 9.98. The highest BCUT2D eigenvalue weighted by Crippen LogP contribution is 2.27. The molecule has 17 heavy (non-hydrogen) atoms. The van der Waals surface area contributed by atoms with E-state index in [9.17, 15) is 0 Å². The number of nitrogens with two attached hydrogens (primary N) is 1. The number of nitrogens with zero attached hydrogens (tertiary/aromatic N) is 3. The molecule has 0 amide bonds. The number of allylic oxidation sites excluding steroid dienone is 1. The summed E-state index contributed by atoms with van der Waals surface area (Å²) in [4.78, 5) is 12.3. The van der Waals surface area contributed by atoms with Crippen molar-refractivity contribution in [2.24, 2.45) is 0 Å². The summed E-state index contributed by atoms with van der Waals surface area (Å²) in [5.74, 6) is 0.495. The first-order chi connectivity index (χ1) is 8.24. The number of rotatable bonds is 2. The molecule has 0 saturated carbocycles. The van der Waals surface area contributed by atoms with Crippen LogP contribution in [0.5, 0.6) is 0 Å². The van der Waals surface area contributed by atoms with E-state index in [-0.39, 0.29) is 0 Å². The number of aryl methyl sites for hydroxylation is 1. The zero-order chi connectivity index (χ0) is 12.3. The Kier molecular flexibility index (Phi) is 3.14. The molecular weight excluding hydrogens is 212 g/mol. The van der Waals surface area contributed by atoms with E-state index in [2.05, 4.69) is 15.0 Å². The average Bonchev–Trinajstić information content (AvgIpc) is 2.35. The SMILES string of the molecule is C/C=C(/c1cccnc1)c1c(C)ncnc1N. The van der Waals surface area contributed by atoms with Crippen molar-refractivity contribution >= 4 is 11.4 Å². The number of hydrogen-bond acceptors (Lipinski definition) is 4. The van der Waals surface area contributed by atoms with Crippen LogP contribution < -0.4 is 5.73 Å². The molecule has 0 aliphatic carbocycles. The highest BCUT2D eigenvalue weighted by molar-refractivity contribution is 5.84. The maximum atomic E-state index is 5.92. The molecule has 2 heterocycles. The number of hydrogen-bond donors (Lipinski definition) is 1. The fourth-order valence-electron chi connectivity index (χ4n) is 1.80. The molecular formula is C13H14N4. The van der Waals surface area contributed by atoms with E-state index in [4.69, 9.17) is 5.73 Å². The molecule has 0 atom stereocenters. The molecule has 0 saturated heterocycles. The minimum absolute atomic E-state index is 0.495. The van der Waals surface area contributed by atoms with E-state index in [1.807, 2.05) is 32.1 Å². The van der Waals surface area contributed by atoms with Crippen LogP contribution in [0, 0.1) is 6.92 Å². The summed E-state index contributed by atoms with van der Waals surface area (Å²) in [6, 6.07) is 3.89. The second-order valence-corrected chi connectivity index (χ2v) is 3.66. The van der Waals surface area contributed by atoms with E-state index >= 15 is 0 Å². The Morgan fingerprint density at radius 3 is 2.76 bits per heavy atom. The lowest BCUT2D eigenvalue weighted by Gasteiger charge is -2.11. The highest BCUT2D eigenvalue weighted by atomic mass is 14.9. The summed E-state index contributed by atoms with van der Waals surface area (Å²) in [5.41, 5.74) is 9.69. The van der Waals surface area contributed by atoms with E-state index in [0.717, 1.165) is 22.4 Å². The molecule has 0 spiro atoms. The summed E-state index contributed by atoms with van der Waals surface area (Å²) in [6.45, 7) is 3.89. The lowest BCUT2D eigenvalue weighted by molar-refractivity contribution is 1.09. The topological polar surface area (TPSA) is 64.7 Å². The molecule has 2 aromatic rings. The van der Waals surface area contributed by atoms with Gasteiger partial charge in [-0.3, -0.25) is 4.98 Å². The quantitative estimate of drug-likeness (QED) is 0.852. The van der Waals surface area contributed by atoms with Crippen LogP contribution in [0.25, 0.3) is 5.57 Å². The van der Waals surface area contributed by atoms with Gasteiger partial charge in [-0.15, -0.1) is 0 Å². The van der Waals surface area contributed by atoms with Gasteiger partial charge in [-0.2, -0.15) is 0 Å². The van der Waals surface area contributed by atoms with Gasteiger partial charge in [0.05, 0.1) is 5.69 Å². The Hall–Kier alpha value is -2.23. The number of nitrogen functional groups attached to an aromatic ring is 1. The first-order valence-corrected chi connectivity index (χ1v) is 5.38. The van der Waals surface area contributed by atoms with Crippen LogP contribution in [0.2, 0.25) is 0 Å². The van der Waals surface area contributed by atoms with Gasteiger partial charge < -0.3 is 5.73 Å². The minimum Gasteiger partial charge on any atom is -0.383 e. The Bertz CT molecular complexity index is 526. The summed E-state index contributed by atoms with van der Waals surface area (Å²) < 4.78 is 0. The van der Waals surface area contributed by atoms with Crippen LogP contribution in [0.15, 0.2) is 36.9 Å². The molecule has 0 radical (unpaired) electrons. The standard InChI is InChI=1S/C13H14N4/c1-3-11(10-5-4-6-15-7-10)12-9(2)16-8-17-13(12)14/h3-8H,1-2H3,(H2,14,16,17)/b11-3-. The summed E-state index contributed by atoms with van der Waals surface area (Å²) in [5, 5.41) is 0. The van der Waals surface area contributed by atoms with E-state index in [0.29, 0.717) is 5.82 Å². The van der Waals surface area contributed by atoms with Gasteiger partial charge in [-0.05, 0) is 25.5 Å². The predicted molar refractivity (Wildman–Crippen MR) is 68.2 cm³/mol. The third-order valence-corrected chi connectivity index (χ3v) is 2.60. The molecule has 0 aliphatic rings. The van der Waals surface area contributed by atoms with Crippen LogP contribution in [-0.4, -0.2) is 15.0 Å². The van der Waals surface area contributed by atoms with E-state index < -0.39 is 0 Å². The largest absolute Gasteiger partial charge is 0.383 e. The average molecular weight is 226 g/mol. The second kappa shape index (κ2) is 4.74. The molecule has 2 aromatic heterocycles. The van der Waals surface area contributed by atoms with Crippen LogP contribution in [-0.2, 0) is 0 Å². The van der Waals surface area contributed by atoms with Gasteiger partial charge >= 0.3 is 0 Å². The molecule has 0 fully saturated rings. The van der Waals surface area contributed by atoms with Crippen molar-refractivity contribution < 1.29 is 0 Å². The Labute approximate surface area is 100 Å². The van der Waals surface area contributed by atoms with Crippen LogP contribution in [0.4, 0.5) is 5.82 Å². The van der Waals surface area contributed by atoms with Crippen LogP contribution in [0.1, 0.15) is 23.7 Å². The predicted octanol–water partition coefficient (Wildman–Crippen LogP) is 2.21. The van der Waals surface area contributed by atoms with Gasteiger partial charge in [-0.25, -0.2) is 9.97 Å². The fourth-order valence-corrected chi connectivity index (χ4v) is 1.80. The third-order valence-electron chi connectivity index (χ3n) is 2.60. The third kappa shape index (κ3) is 2.15. The molecule has 2 rings (SSSR count). The Balaban J connectivity index is 2.59. The molecule has 0 bridgehead atoms. The van der Waals surface area contributed by atoms with Crippen molar-refractivity contribution in [2.45, 2.75) is 13.8 Å². The maximum absolute atomic E-state index is 5.92.